The van der Waals surface area contributed by atoms with Crippen LogP contribution in [0.5, 0.6) is 5.75 Å². The minimum Gasteiger partial charge on any atom is -0.508 e. The maximum atomic E-state index is 9.82. The van der Waals surface area contributed by atoms with Gasteiger partial charge in [-0.3, -0.25) is 0 Å². The molecule has 0 radical (unpaired) electrons. The van der Waals surface area contributed by atoms with Crippen molar-refractivity contribution in [3.63, 3.8) is 0 Å². The van der Waals surface area contributed by atoms with E-state index in [1.165, 1.54) is 32.1 Å². The van der Waals surface area contributed by atoms with Gasteiger partial charge in [-0.15, -0.1) is 0 Å². The summed E-state index contributed by atoms with van der Waals surface area (Å²) in [5.41, 5.74) is 1.000. The van der Waals surface area contributed by atoms with E-state index in [4.69, 9.17) is 0 Å². The summed E-state index contributed by atoms with van der Waals surface area (Å²) in [7, 11) is 0. The highest BCUT2D eigenvalue weighted by atomic mass is 16.3. The lowest BCUT2D eigenvalue weighted by molar-refractivity contribution is 0.265. The van der Waals surface area contributed by atoms with Crippen molar-refractivity contribution in [2.45, 2.75) is 52.0 Å². The molecule has 0 saturated heterocycles. The Balaban J connectivity index is 1.75. The summed E-state index contributed by atoms with van der Waals surface area (Å²) in [6.07, 6.45) is 6.88. The molecule has 1 fully saturated rings. The molecule has 1 aromatic carbocycles. The fourth-order valence-corrected chi connectivity index (χ4v) is 3.29. The van der Waals surface area contributed by atoms with Crippen molar-refractivity contribution in [3.05, 3.63) is 29.8 Å². The number of para-hydroxylation sites is 1. The number of benzene rings is 1. The SMILES string of the molecule is CC1CCCC(CCNC(C)c2ccccc2O)C1. The Labute approximate surface area is 117 Å². The molecule has 3 unspecified atom stereocenters. The Morgan fingerprint density at radius 2 is 2.11 bits per heavy atom. The van der Waals surface area contributed by atoms with Gasteiger partial charge in [0, 0.05) is 11.6 Å². The van der Waals surface area contributed by atoms with Crippen LogP contribution >= 0.6 is 0 Å². The summed E-state index contributed by atoms with van der Waals surface area (Å²) >= 11 is 0. The van der Waals surface area contributed by atoms with Crippen LogP contribution in [-0.4, -0.2) is 11.7 Å². The number of phenols is 1. The molecule has 1 saturated carbocycles. The lowest BCUT2D eigenvalue weighted by Gasteiger charge is -2.27. The molecule has 0 heterocycles. The van der Waals surface area contributed by atoms with Crippen molar-refractivity contribution in [3.8, 4) is 5.75 Å². The van der Waals surface area contributed by atoms with Crippen LogP contribution in [-0.2, 0) is 0 Å². The Morgan fingerprint density at radius 3 is 2.84 bits per heavy atom. The molecular weight excluding hydrogens is 234 g/mol. The van der Waals surface area contributed by atoms with Gasteiger partial charge in [0.1, 0.15) is 5.75 Å². The normalized spacial score (nSPS) is 25.2. The van der Waals surface area contributed by atoms with Gasteiger partial charge in [0.15, 0.2) is 0 Å². The van der Waals surface area contributed by atoms with Crippen molar-refractivity contribution >= 4 is 0 Å². The minimum atomic E-state index is 0.224. The molecule has 0 aliphatic heterocycles. The van der Waals surface area contributed by atoms with E-state index in [9.17, 15) is 5.11 Å². The fourth-order valence-electron chi connectivity index (χ4n) is 3.29. The predicted molar refractivity (Wildman–Crippen MR) is 80.3 cm³/mol. The molecule has 106 valence electrons. The third-order valence-electron chi connectivity index (χ3n) is 4.45. The van der Waals surface area contributed by atoms with E-state index in [-0.39, 0.29) is 6.04 Å². The molecule has 0 spiro atoms. The van der Waals surface area contributed by atoms with Crippen LogP contribution in [0.3, 0.4) is 0 Å². The molecule has 1 aliphatic rings. The van der Waals surface area contributed by atoms with E-state index in [1.54, 1.807) is 6.07 Å². The van der Waals surface area contributed by atoms with Gasteiger partial charge in [0.05, 0.1) is 0 Å². The first-order valence-electron chi connectivity index (χ1n) is 7.68. The molecule has 3 atom stereocenters. The second kappa shape index (κ2) is 6.95. The molecule has 0 amide bonds. The van der Waals surface area contributed by atoms with E-state index in [0.29, 0.717) is 5.75 Å². The van der Waals surface area contributed by atoms with Gasteiger partial charge in [-0.2, -0.15) is 0 Å². The predicted octanol–water partition coefficient (Wildman–Crippen LogP) is 4.26. The molecular formula is C17H27NO. The van der Waals surface area contributed by atoms with E-state index < -0.39 is 0 Å². The Bertz CT molecular complexity index is 391. The lowest BCUT2D eigenvalue weighted by atomic mass is 9.81. The van der Waals surface area contributed by atoms with Crippen LogP contribution < -0.4 is 5.32 Å². The standard InChI is InChI=1S/C17H27NO/c1-13-6-5-7-15(12-13)10-11-18-14(2)16-8-3-4-9-17(16)19/h3-4,8-9,13-15,18-19H,5-7,10-12H2,1-2H3. The Hall–Kier alpha value is -1.02. The monoisotopic (exact) mass is 261 g/mol. The van der Waals surface area contributed by atoms with Gasteiger partial charge in [-0.25, -0.2) is 0 Å². The minimum absolute atomic E-state index is 0.224. The van der Waals surface area contributed by atoms with E-state index in [1.807, 2.05) is 18.2 Å². The summed E-state index contributed by atoms with van der Waals surface area (Å²) in [5.74, 6) is 2.20. The van der Waals surface area contributed by atoms with Crippen molar-refractivity contribution in [2.24, 2.45) is 11.8 Å². The van der Waals surface area contributed by atoms with Crippen molar-refractivity contribution in [1.82, 2.24) is 5.32 Å². The Kier molecular flexibility index (Phi) is 5.26. The van der Waals surface area contributed by atoms with Crippen molar-refractivity contribution < 1.29 is 5.11 Å². The zero-order chi connectivity index (χ0) is 13.7. The van der Waals surface area contributed by atoms with Gasteiger partial charge in [-0.1, -0.05) is 44.4 Å². The van der Waals surface area contributed by atoms with Crippen molar-refractivity contribution in [2.75, 3.05) is 6.54 Å². The summed E-state index contributed by atoms with van der Waals surface area (Å²) in [4.78, 5) is 0. The quantitative estimate of drug-likeness (QED) is 0.830. The summed E-state index contributed by atoms with van der Waals surface area (Å²) in [6.45, 7) is 5.55. The zero-order valence-electron chi connectivity index (χ0n) is 12.2. The topological polar surface area (TPSA) is 32.3 Å². The van der Waals surface area contributed by atoms with E-state index in [0.717, 1.165) is 23.9 Å². The second-order valence-electron chi connectivity index (χ2n) is 6.16. The third-order valence-corrected chi connectivity index (χ3v) is 4.45. The van der Waals surface area contributed by atoms with Crippen LogP contribution in [0.2, 0.25) is 0 Å². The first-order valence-corrected chi connectivity index (χ1v) is 7.68. The van der Waals surface area contributed by atoms with Crippen LogP contribution in [0.1, 0.15) is 57.6 Å². The number of rotatable bonds is 5. The molecule has 2 nitrogen and oxygen atoms in total. The van der Waals surface area contributed by atoms with Gasteiger partial charge in [0.2, 0.25) is 0 Å². The zero-order valence-corrected chi connectivity index (χ0v) is 12.2. The highest BCUT2D eigenvalue weighted by Gasteiger charge is 2.18. The summed E-state index contributed by atoms with van der Waals surface area (Å²) < 4.78 is 0. The van der Waals surface area contributed by atoms with Crippen molar-refractivity contribution in [1.29, 1.82) is 0 Å². The molecule has 0 bridgehead atoms. The third kappa shape index (κ3) is 4.24. The molecule has 19 heavy (non-hydrogen) atoms. The van der Waals surface area contributed by atoms with Crippen LogP contribution in [0.4, 0.5) is 0 Å². The molecule has 1 aromatic rings. The smallest absolute Gasteiger partial charge is 0.120 e. The van der Waals surface area contributed by atoms with Gasteiger partial charge >= 0.3 is 0 Å². The fraction of sp³-hybridized carbons (Fsp3) is 0.647. The van der Waals surface area contributed by atoms with Crippen LogP contribution in [0, 0.1) is 11.8 Å². The summed E-state index contributed by atoms with van der Waals surface area (Å²) in [5, 5.41) is 13.4. The number of hydrogen-bond acceptors (Lipinski definition) is 2. The first-order chi connectivity index (χ1) is 9.16. The number of nitrogens with one attached hydrogen (secondary N) is 1. The first kappa shape index (κ1) is 14.4. The lowest BCUT2D eigenvalue weighted by Crippen LogP contribution is -2.23. The average molecular weight is 261 g/mol. The van der Waals surface area contributed by atoms with Gasteiger partial charge in [0.25, 0.3) is 0 Å². The number of aromatic hydroxyl groups is 1. The molecule has 2 rings (SSSR count). The van der Waals surface area contributed by atoms with E-state index >= 15 is 0 Å². The maximum absolute atomic E-state index is 9.82. The second-order valence-corrected chi connectivity index (χ2v) is 6.16. The molecule has 0 aromatic heterocycles. The van der Waals surface area contributed by atoms with Crippen LogP contribution in [0.25, 0.3) is 0 Å². The molecule has 2 heteroatoms. The highest BCUT2D eigenvalue weighted by Crippen LogP contribution is 2.30. The number of phenolic OH excluding ortho intramolecular Hbond substituents is 1. The largest absolute Gasteiger partial charge is 0.508 e. The molecule has 1 aliphatic carbocycles. The Morgan fingerprint density at radius 1 is 1.32 bits per heavy atom. The highest BCUT2D eigenvalue weighted by molar-refractivity contribution is 5.34. The summed E-state index contributed by atoms with van der Waals surface area (Å²) in [6, 6.07) is 7.83. The molecule has 2 N–H and O–H groups in total. The number of hydrogen-bond donors (Lipinski definition) is 2. The average Bonchev–Trinajstić information content (AvgIpc) is 2.39. The van der Waals surface area contributed by atoms with Gasteiger partial charge < -0.3 is 10.4 Å². The maximum Gasteiger partial charge on any atom is 0.120 e. The van der Waals surface area contributed by atoms with Crippen LogP contribution in [0.15, 0.2) is 24.3 Å². The van der Waals surface area contributed by atoms with Gasteiger partial charge in [-0.05, 0) is 44.2 Å². The van der Waals surface area contributed by atoms with E-state index in [2.05, 4.69) is 19.2 Å².